The lowest BCUT2D eigenvalue weighted by Gasteiger charge is -2.09. The summed E-state index contributed by atoms with van der Waals surface area (Å²) < 4.78 is 4.95. The number of rotatable bonds is 4. The highest BCUT2D eigenvalue weighted by Crippen LogP contribution is 2.01. The van der Waals surface area contributed by atoms with Crippen molar-refractivity contribution >= 4 is 0 Å². The molecule has 0 bridgehead atoms. The highest BCUT2D eigenvalue weighted by molar-refractivity contribution is 5.15. The second-order valence-corrected chi connectivity index (χ2v) is 2.91. The summed E-state index contributed by atoms with van der Waals surface area (Å²) >= 11 is 0. The lowest BCUT2D eigenvalue weighted by atomic mass is 10.1. The SMILES string of the molecule is CC.COCC(N)Cc1ccccc1. The molecule has 0 spiro atoms. The van der Waals surface area contributed by atoms with Crippen LogP contribution >= 0.6 is 0 Å². The lowest BCUT2D eigenvalue weighted by Crippen LogP contribution is -2.27. The van der Waals surface area contributed by atoms with E-state index in [4.69, 9.17) is 10.5 Å². The molecule has 1 atom stereocenters. The quantitative estimate of drug-likeness (QED) is 0.799. The van der Waals surface area contributed by atoms with Gasteiger partial charge in [0.05, 0.1) is 6.61 Å². The molecular formula is C12H21NO. The highest BCUT2D eigenvalue weighted by Gasteiger charge is 2.01. The van der Waals surface area contributed by atoms with E-state index in [0.717, 1.165) is 6.42 Å². The van der Waals surface area contributed by atoms with Crippen LogP contribution < -0.4 is 5.73 Å². The van der Waals surface area contributed by atoms with Crippen molar-refractivity contribution < 1.29 is 4.74 Å². The van der Waals surface area contributed by atoms with E-state index < -0.39 is 0 Å². The van der Waals surface area contributed by atoms with Gasteiger partial charge in [0, 0.05) is 13.2 Å². The Balaban J connectivity index is 0.000000791. The molecule has 0 saturated carbocycles. The van der Waals surface area contributed by atoms with Crippen LogP contribution in [-0.2, 0) is 11.2 Å². The van der Waals surface area contributed by atoms with Crippen molar-refractivity contribution in [2.24, 2.45) is 5.73 Å². The first kappa shape index (κ1) is 13.1. The van der Waals surface area contributed by atoms with Crippen LogP contribution in [-0.4, -0.2) is 19.8 Å². The van der Waals surface area contributed by atoms with Gasteiger partial charge in [0.2, 0.25) is 0 Å². The predicted octanol–water partition coefficient (Wildman–Crippen LogP) is 2.23. The molecule has 2 nitrogen and oxygen atoms in total. The number of benzene rings is 1. The van der Waals surface area contributed by atoms with Gasteiger partial charge in [-0.1, -0.05) is 44.2 Å². The zero-order chi connectivity index (χ0) is 10.8. The van der Waals surface area contributed by atoms with E-state index in [1.807, 2.05) is 32.0 Å². The smallest absolute Gasteiger partial charge is 0.0616 e. The van der Waals surface area contributed by atoms with Crippen LogP contribution in [0.1, 0.15) is 19.4 Å². The van der Waals surface area contributed by atoms with Gasteiger partial charge in [-0.25, -0.2) is 0 Å². The summed E-state index contributed by atoms with van der Waals surface area (Å²) in [5.74, 6) is 0. The molecule has 0 aliphatic rings. The Morgan fingerprint density at radius 1 is 1.21 bits per heavy atom. The van der Waals surface area contributed by atoms with Gasteiger partial charge in [-0.15, -0.1) is 0 Å². The van der Waals surface area contributed by atoms with Gasteiger partial charge in [0.25, 0.3) is 0 Å². The fourth-order valence-corrected chi connectivity index (χ4v) is 1.19. The summed E-state index contributed by atoms with van der Waals surface area (Å²) in [5, 5.41) is 0. The molecule has 2 heteroatoms. The second kappa shape index (κ2) is 8.73. The molecule has 0 fully saturated rings. The Morgan fingerprint density at radius 3 is 2.29 bits per heavy atom. The van der Waals surface area contributed by atoms with E-state index in [9.17, 15) is 0 Å². The Kier molecular flexibility index (Phi) is 8.19. The third-order valence-corrected chi connectivity index (χ3v) is 1.72. The van der Waals surface area contributed by atoms with Crippen molar-refractivity contribution in [2.75, 3.05) is 13.7 Å². The molecule has 0 aliphatic heterocycles. The summed E-state index contributed by atoms with van der Waals surface area (Å²) in [4.78, 5) is 0. The molecule has 80 valence electrons. The van der Waals surface area contributed by atoms with Gasteiger partial charge >= 0.3 is 0 Å². The molecule has 0 amide bonds. The van der Waals surface area contributed by atoms with E-state index in [1.165, 1.54) is 5.56 Å². The van der Waals surface area contributed by atoms with Crippen LogP contribution in [0.15, 0.2) is 30.3 Å². The Morgan fingerprint density at radius 2 is 1.79 bits per heavy atom. The summed E-state index contributed by atoms with van der Waals surface area (Å²) in [5.41, 5.74) is 7.06. The Hall–Kier alpha value is -0.860. The zero-order valence-corrected chi connectivity index (χ0v) is 9.36. The fraction of sp³-hybridized carbons (Fsp3) is 0.500. The molecule has 1 aromatic rings. The average Bonchev–Trinajstić information content (AvgIpc) is 2.22. The maximum atomic E-state index is 5.79. The standard InChI is InChI=1S/C10H15NO.C2H6/c1-12-8-10(11)7-9-5-3-2-4-6-9;1-2/h2-6,10H,7-8,11H2,1H3;1-2H3. The Bertz CT molecular complexity index is 211. The number of ether oxygens (including phenoxy) is 1. The van der Waals surface area contributed by atoms with Crippen LogP contribution in [0.3, 0.4) is 0 Å². The van der Waals surface area contributed by atoms with Crippen molar-refractivity contribution in [3.8, 4) is 0 Å². The Labute approximate surface area is 87.1 Å². The van der Waals surface area contributed by atoms with Crippen molar-refractivity contribution in [1.82, 2.24) is 0 Å². The summed E-state index contributed by atoms with van der Waals surface area (Å²) in [6.45, 7) is 4.62. The number of methoxy groups -OCH3 is 1. The molecule has 1 aromatic carbocycles. The van der Waals surface area contributed by atoms with Crippen LogP contribution in [0, 0.1) is 0 Å². The van der Waals surface area contributed by atoms with Gasteiger partial charge in [0.1, 0.15) is 0 Å². The molecule has 0 aromatic heterocycles. The third kappa shape index (κ3) is 5.73. The minimum atomic E-state index is 0.109. The minimum absolute atomic E-state index is 0.109. The summed E-state index contributed by atoms with van der Waals surface area (Å²) in [7, 11) is 1.67. The van der Waals surface area contributed by atoms with E-state index in [0.29, 0.717) is 6.61 Å². The largest absolute Gasteiger partial charge is 0.383 e. The lowest BCUT2D eigenvalue weighted by molar-refractivity contribution is 0.180. The van der Waals surface area contributed by atoms with Crippen LogP contribution in [0.2, 0.25) is 0 Å². The molecule has 1 rings (SSSR count). The van der Waals surface area contributed by atoms with Gasteiger partial charge in [-0.05, 0) is 12.0 Å². The van der Waals surface area contributed by atoms with Crippen molar-refractivity contribution in [2.45, 2.75) is 26.3 Å². The van der Waals surface area contributed by atoms with Crippen molar-refractivity contribution in [3.05, 3.63) is 35.9 Å². The number of nitrogens with two attached hydrogens (primary N) is 1. The maximum Gasteiger partial charge on any atom is 0.0616 e. The molecular weight excluding hydrogens is 174 g/mol. The first-order valence-electron chi connectivity index (χ1n) is 5.11. The van der Waals surface area contributed by atoms with E-state index >= 15 is 0 Å². The minimum Gasteiger partial charge on any atom is -0.383 e. The second-order valence-electron chi connectivity index (χ2n) is 2.91. The molecule has 0 heterocycles. The van der Waals surface area contributed by atoms with Crippen LogP contribution in [0.4, 0.5) is 0 Å². The molecule has 1 unspecified atom stereocenters. The third-order valence-electron chi connectivity index (χ3n) is 1.72. The molecule has 0 aliphatic carbocycles. The fourth-order valence-electron chi connectivity index (χ4n) is 1.19. The van der Waals surface area contributed by atoms with Gasteiger partial charge in [0.15, 0.2) is 0 Å². The van der Waals surface area contributed by atoms with E-state index in [2.05, 4.69) is 12.1 Å². The highest BCUT2D eigenvalue weighted by atomic mass is 16.5. The van der Waals surface area contributed by atoms with Crippen molar-refractivity contribution in [1.29, 1.82) is 0 Å². The van der Waals surface area contributed by atoms with E-state index in [-0.39, 0.29) is 6.04 Å². The molecule has 0 radical (unpaired) electrons. The first-order chi connectivity index (χ1) is 6.83. The van der Waals surface area contributed by atoms with Gasteiger partial charge < -0.3 is 10.5 Å². The average molecular weight is 195 g/mol. The summed E-state index contributed by atoms with van der Waals surface area (Å²) in [6.07, 6.45) is 0.884. The van der Waals surface area contributed by atoms with Gasteiger partial charge in [-0.2, -0.15) is 0 Å². The van der Waals surface area contributed by atoms with Crippen LogP contribution in [0.25, 0.3) is 0 Å². The summed E-state index contributed by atoms with van der Waals surface area (Å²) in [6, 6.07) is 10.3. The number of hydrogen-bond acceptors (Lipinski definition) is 2. The zero-order valence-electron chi connectivity index (χ0n) is 9.36. The van der Waals surface area contributed by atoms with Crippen LogP contribution in [0.5, 0.6) is 0 Å². The molecule has 2 N–H and O–H groups in total. The maximum absolute atomic E-state index is 5.79. The molecule has 14 heavy (non-hydrogen) atoms. The van der Waals surface area contributed by atoms with Gasteiger partial charge in [-0.3, -0.25) is 0 Å². The normalized spacial score (nSPS) is 11.4. The predicted molar refractivity (Wildman–Crippen MR) is 61.3 cm³/mol. The topological polar surface area (TPSA) is 35.2 Å². The number of hydrogen-bond donors (Lipinski definition) is 1. The molecule has 0 saturated heterocycles. The van der Waals surface area contributed by atoms with Crippen molar-refractivity contribution in [3.63, 3.8) is 0 Å². The van der Waals surface area contributed by atoms with E-state index in [1.54, 1.807) is 7.11 Å². The monoisotopic (exact) mass is 195 g/mol. The first-order valence-corrected chi connectivity index (χ1v) is 5.11.